The maximum atomic E-state index is 12.1. The molecule has 0 aromatic rings. The summed E-state index contributed by atoms with van der Waals surface area (Å²) in [7, 11) is 0. The molecule has 1 heterocycles. The molecule has 1 unspecified atom stereocenters. The number of allylic oxidation sites excluding steroid dienone is 3. The molecule has 2 rings (SSSR count). The maximum Gasteiger partial charge on any atom is 0.357 e. The Bertz CT molecular complexity index is 610. The van der Waals surface area contributed by atoms with E-state index in [4.69, 9.17) is 9.47 Å². The van der Waals surface area contributed by atoms with E-state index in [9.17, 15) is 14.4 Å². The lowest BCUT2D eigenvalue weighted by Crippen LogP contribution is -2.24. The number of nitrogens with zero attached hydrogens (tertiary/aromatic N) is 1. The number of carbonyl (C=O) groups excluding carboxylic acids is 3. The molecule has 1 atom stereocenters. The molecule has 0 saturated carbocycles. The van der Waals surface area contributed by atoms with Crippen molar-refractivity contribution in [2.75, 3.05) is 13.2 Å². The lowest BCUT2D eigenvalue weighted by molar-refractivity contribution is -0.144. The van der Waals surface area contributed by atoms with E-state index in [1.165, 1.54) is 6.08 Å². The second-order valence-corrected chi connectivity index (χ2v) is 4.33. The van der Waals surface area contributed by atoms with E-state index in [-0.39, 0.29) is 24.7 Å². The van der Waals surface area contributed by atoms with Gasteiger partial charge in [0.25, 0.3) is 0 Å². The van der Waals surface area contributed by atoms with Gasteiger partial charge in [-0.25, -0.2) is 9.79 Å². The molecule has 0 aromatic heterocycles. The maximum absolute atomic E-state index is 12.1. The van der Waals surface area contributed by atoms with E-state index in [2.05, 4.69) is 4.99 Å². The largest absolute Gasteiger partial charge is 0.465 e. The molecular formula is C15H15NO5. The Hall–Kier alpha value is -2.50. The zero-order valence-electron chi connectivity index (χ0n) is 11.8. The lowest BCUT2D eigenvalue weighted by atomic mass is 9.91. The molecule has 0 N–H and O–H groups in total. The molecule has 0 fully saturated rings. The van der Waals surface area contributed by atoms with Gasteiger partial charge in [0.05, 0.1) is 24.8 Å². The van der Waals surface area contributed by atoms with Crippen molar-refractivity contribution in [1.82, 2.24) is 0 Å². The monoisotopic (exact) mass is 289 g/mol. The van der Waals surface area contributed by atoms with Crippen LogP contribution in [0.25, 0.3) is 0 Å². The first kappa shape index (κ1) is 14.9. The van der Waals surface area contributed by atoms with Crippen molar-refractivity contribution in [1.29, 1.82) is 0 Å². The first-order valence-electron chi connectivity index (χ1n) is 6.65. The number of hydrogen-bond donors (Lipinski definition) is 0. The minimum Gasteiger partial charge on any atom is -0.465 e. The van der Waals surface area contributed by atoms with Gasteiger partial charge in [-0.3, -0.25) is 9.59 Å². The van der Waals surface area contributed by atoms with Crippen molar-refractivity contribution in [3.05, 3.63) is 35.6 Å². The minimum absolute atomic E-state index is 0.0340. The Labute approximate surface area is 121 Å². The van der Waals surface area contributed by atoms with Crippen LogP contribution in [-0.2, 0) is 23.9 Å². The van der Waals surface area contributed by atoms with Crippen LogP contribution in [0.1, 0.15) is 13.8 Å². The highest BCUT2D eigenvalue weighted by Gasteiger charge is 2.28. The Morgan fingerprint density at radius 2 is 1.95 bits per heavy atom. The molecule has 0 radical (unpaired) electrons. The number of hydrogen-bond acceptors (Lipinski definition) is 6. The van der Waals surface area contributed by atoms with Crippen LogP contribution in [0.5, 0.6) is 0 Å². The highest BCUT2D eigenvalue weighted by molar-refractivity contribution is 6.33. The molecular weight excluding hydrogens is 274 g/mol. The van der Waals surface area contributed by atoms with Gasteiger partial charge in [0.2, 0.25) is 0 Å². The van der Waals surface area contributed by atoms with Crippen molar-refractivity contribution in [3.8, 4) is 0 Å². The second kappa shape index (κ2) is 6.30. The number of carbonyl (C=O) groups is 3. The van der Waals surface area contributed by atoms with Crippen LogP contribution in [-0.4, -0.2) is 36.6 Å². The molecule has 2 aliphatic rings. The standard InChI is InChI=1S/C15H15NO5/c1-3-20-14(18)9-5-6-11-10(7-9)13(17)8-12(16-11)15(19)21-4-2/h5-9H,3-4H2,1-2H3. The van der Waals surface area contributed by atoms with E-state index >= 15 is 0 Å². The fraction of sp³-hybridized carbons (Fsp3) is 0.333. The van der Waals surface area contributed by atoms with Crippen molar-refractivity contribution in [3.63, 3.8) is 0 Å². The van der Waals surface area contributed by atoms with Crippen LogP contribution >= 0.6 is 0 Å². The minimum atomic E-state index is -0.640. The predicted octanol–water partition coefficient (Wildman–Crippen LogP) is 1.13. The third kappa shape index (κ3) is 3.16. The summed E-state index contributed by atoms with van der Waals surface area (Å²) in [6.45, 7) is 3.86. The van der Waals surface area contributed by atoms with E-state index in [0.29, 0.717) is 11.3 Å². The number of ketones is 1. The molecule has 110 valence electrons. The highest BCUT2D eigenvalue weighted by atomic mass is 16.5. The molecule has 0 amide bonds. The van der Waals surface area contributed by atoms with Gasteiger partial charge in [0, 0.05) is 11.6 Å². The van der Waals surface area contributed by atoms with E-state index in [1.807, 2.05) is 0 Å². The molecule has 0 saturated heterocycles. The number of fused-ring (bicyclic) bond motifs is 1. The quantitative estimate of drug-likeness (QED) is 0.725. The number of aliphatic imine (C=N–C) groups is 1. The Balaban J connectivity index is 2.24. The number of ether oxygens (including phenoxy) is 2. The molecule has 1 aliphatic heterocycles. The predicted molar refractivity (Wildman–Crippen MR) is 74.5 cm³/mol. The first-order valence-corrected chi connectivity index (χ1v) is 6.65. The van der Waals surface area contributed by atoms with Crippen LogP contribution in [0.2, 0.25) is 0 Å². The van der Waals surface area contributed by atoms with E-state index in [1.54, 1.807) is 26.0 Å². The zero-order valence-corrected chi connectivity index (χ0v) is 11.8. The van der Waals surface area contributed by atoms with Crippen molar-refractivity contribution in [2.24, 2.45) is 10.9 Å². The summed E-state index contributed by atoms with van der Waals surface area (Å²) in [6.07, 6.45) is 5.75. The highest BCUT2D eigenvalue weighted by Crippen LogP contribution is 2.23. The molecule has 0 aromatic carbocycles. The number of rotatable bonds is 4. The fourth-order valence-corrected chi connectivity index (χ4v) is 1.97. The summed E-state index contributed by atoms with van der Waals surface area (Å²) in [4.78, 5) is 39.4. The average Bonchev–Trinajstić information content (AvgIpc) is 2.47. The molecule has 0 bridgehead atoms. The van der Waals surface area contributed by atoms with Gasteiger partial charge in [0.15, 0.2) is 11.5 Å². The summed E-state index contributed by atoms with van der Waals surface area (Å²) in [5, 5.41) is 0. The number of esters is 2. The van der Waals surface area contributed by atoms with Crippen LogP contribution in [0.3, 0.4) is 0 Å². The van der Waals surface area contributed by atoms with Gasteiger partial charge in [-0.1, -0.05) is 12.2 Å². The summed E-state index contributed by atoms with van der Waals surface area (Å²) in [5.74, 6) is -2.05. The van der Waals surface area contributed by atoms with Crippen LogP contribution in [0.4, 0.5) is 0 Å². The molecule has 6 nitrogen and oxygen atoms in total. The van der Waals surface area contributed by atoms with Gasteiger partial charge < -0.3 is 9.47 Å². The summed E-state index contributed by atoms with van der Waals surface area (Å²) in [5.41, 5.74) is 0.614. The van der Waals surface area contributed by atoms with Gasteiger partial charge >= 0.3 is 11.9 Å². The van der Waals surface area contributed by atoms with E-state index < -0.39 is 17.9 Å². The smallest absolute Gasteiger partial charge is 0.357 e. The van der Waals surface area contributed by atoms with E-state index in [0.717, 1.165) is 6.08 Å². The van der Waals surface area contributed by atoms with Crippen LogP contribution < -0.4 is 0 Å². The summed E-state index contributed by atoms with van der Waals surface area (Å²) in [6, 6.07) is 0. The van der Waals surface area contributed by atoms with Gasteiger partial charge in [-0.05, 0) is 19.9 Å². The third-order valence-electron chi connectivity index (χ3n) is 2.90. The van der Waals surface area contributed by atoms with Gasteiger partial charge in [0.1, 0.15) is 0 Å². The second-order valence-electron chi connectivity index (χ2n) is 4.33. The normalized spacial score (nSPS) is 20.0. The average molecular weight is 289 g/mol. The summed E-state index contributed by atoms with van der Waals surface area (Å²) < 4.78 is 9.73. The molecule has 6 heteroatoms. The SMILES string of the molecule is CCOC(=O)C1=CC(=O)C2=CC(C(=O)OCC)C=CC2=N1. The van der Waals surface area contributed by atoms with Gasteiger partial charge in [-0.15, -0.1) is 0 Å². The molecule has 0 spiro atoms. The Kier molecular flexibility index (Phi) is 4.47. The van der Waals surface area contributed by atoms with Crippen LogP contribution in [0, 0.1) is 5.92 Å². The van der Waals surface area contributed by atoms with Crippen molar-refractivity contribution < 1.29 is 23.9 Å². The van der Waals surface area contributed by atoms with Crippen LogP contribution in [0.15, 0.2) is 40.6 Å². The third-order valence-corrected chi connectivity index (χ3v) is 2.90. The first-order chi connectivity index (χ1) is 10.1. The Morgan fingerprint density at radius 3 is 2.62 bits per heavy atom. The molecule has 21 heavy (non-hydrogen) atoms. The molecule has 1 aliphatic carbocycles. The topological polar surface area (TPSA) is 82.0 Å². The lowest BCUT2D eigenvalue weighted by Gasteiger charge is -2.18. The summed E-state index contributed by atoms with van der Waals surface area (Å²) >= 11 is 0. The van der Waals surface area contributed by atoms with Gasteiger partial charge in [-0.2, -0.15) is 0 Å². The zero-order chi connectivity index (χ0) is 15.4. The van der Waals surface area contributed by atoms with Crippen molar-refractivity contribution >= 4 is 23.4 Å². The van der Waals surface area contributed by atoms with Crippen molar-refractivity contribution in [2.45, 2.75) is 13.8 Å². The Morgan fingerprint density at radius 1 is 1.24 bits per heavy atom. The fourth-order valence-electron chi connectivity index (χ4n) is 1.97.